The number of carbonyl (C=O) groups excluding carboxylic acids is 1. The molecule has 0 unspecified atom stereocenters. The maximum Gasteiger partial charge on any atom is 0.255 e. The first-order valence-electron chi connectivity index (χ1n) is 7.18. The monoisotopic (exact) mass is 355 g/mol. The number of nitriles is 1. The summed E-state index contributed by atoms with van der Waals surface area (Å²) in [5, 5.41) is 9.13. The van der Waals surface area contributed by atoms with Crippen molar-refractivity contribution in [2.75, 3.05) is 27.2 Å². The van der Waals surface area contributed by atoms with Gasteiger partial charge in [0.15, 0.2) is 0 Å². The van der Waals surface area contributed by atoms with Gasteiger partial charge in [0.25, 0.3) is 5.91 Å². The van der Waals surface area contributed by atoms with Crippen LogP contribution in [0.5, 0.6) is 0 Å². The zero-order chi connectivity index (χ0) is 17.2. The highest BCUT2D eigenvalue weighted by Gasteiger charge is 2.26. The molecular formula is C15H18ClN3O3S. The van der Waals surface area contributed by atoms with Crippen molar-refractivity contribution < 1.29 is 13.2 Å². The average molecular weight is 356 g/mol. The van der Waals surface area contributed by atoms with Crippen LogP contribution in [-0.2, 0) is 10.0 Å². The second kappa shape index (κ2) is 6.87. The van der Waals surface area contributed by atoms with Crippen molar-refractivity contribution in [3.63, 3.8) is 0 Å². The number of likely N-dealkylation sites (tertiary alicyclic amines) is 1. The Morgan fingerprint density at radius 3 is 2.48 bits per heavy atom. The van der Waals surface area contributed by atoms with Crippen LogP contribution in [0.3, 0.4) is 0 Å². The minimum atomic E-state index is -3.63. The van der Waals surface area contributed by atoms with E-state index in [0.29, 0.717) is 25.9 Å². The van der Waals surface area contributed by atoms with Crippen molar-refractivity contribution in [2.24, 2.45) is 5.92 Å². The molecule has 0 atom stereocenters. The summed E-state index contributed by atoms with van der Waals surface area (Å²) in [5.41, 5.74) is 0.171. The molecule has 1 aliphatic rings. The molecule has 1 fully saturated rings. The maximum absolute atomic E-state index is 12.6. The highest BCUT2D eigenvalue weighted by atomic mass is 35.5. The molecule has 0 radical (unpaired) electrons. The summed E-state index contributed by atoms with van der Waals surface area (Å²) >= 11 is 6.09. The summed E-state index contributed by atoms with van der Waals surface area (Å²) in [6.07, 6.45) is 1.24. The molecule has 1 aromatic rings. The van der Waals surface area contributed by atoms with Crippen LogP contribution in [0.2, 0.25) is 5.02 Å². The number of halogens is 1. The fourth-order valence-corrected chi connectivity index (χ4v) is 3.55. The van der Waals surface area contributed by atoms with Gasteiger partial charge in [0.05, 0.1) is 21.6 Å². The first-order chi connectivity index (χ1) is 10.8. The maximum atomic E-state index is 12.6. The van der Waals surface area contributed by atoms with E-state index < -0.39 is 10.0 Å². The van der Waals surface area contributed by atoms with E-state index in [-0.39, 0.29) is 27.3 Å². The third-order valence-electron chi connectivity index (χ3n) is 3.91. The summed E-state index contributed by atoms with van der Waals surface area (Å²) in [6.45, 7) is 0.941. The molecule has 1 aliphatic heterocycles. The van der Waals surface area contributed by atoms with Gasteiger partial charge in [0, 0.05) is 33.1 Å². The van der Waals surface area contributed by atoms with Crippen molar-refractivity contribution >= 4 is 27.5 Å². The third-order valence-corrected chi connectivity index (χ3v) is 6.05. The standard InChI is InChI=1S/C15H18ClN3O3S/c1-18(2)23(21,22)12-3-4-14(16)13(9-12)15(20)19-7-5-11(10-17)6-8-19/h3-4,9,11H,5-8H2,1-2H3. The first-order valence-corrected chi connectivity index (χ1v) is 9.00. The van der Waals surface area contributed by atoms with Gasteiger partial charge >= 0.3 is 0 Å². The molecule has 1 amide bonds. The number of piperidine rings is 1. The summed E-state index contributed by atoms with van der Waals surface area (Å²) in [6, 6.07) is 6.33. The van der Waals surface area contributed by atoms with Gasteiger partial charge in [0.1, 0.15) is 0 Å². The van der Waals surface area contributed by atoms with Crippen LogP contribution >= 0.6 is 11.6 Å². The van der Waals surface area contributed by atoms with Gasteiger partial charge in [-0.05, 0) is 31.0 Å². The molecule has 0 saturated carbocycles. The Balaban J connectivity index is 2.30. The molecule has 0 bridgehead atoms. The Kier molecular flexibility index (Phi) is 5.30. The molecule has 1 saturated heterocycles. The van der Waals surface area contributed by atoms with E-state index in [1.165, 1.54) is 32.3 Å². The van der Waals surface area contributed by atoms with Gasteiger partial charge in [-0.3, -0.25) is 4.79 Å². The lowest BCUT2D eigenvalue weighted by atomic mass is 9.98. The van der Waals surface area contributed by atoms with Crippen LogP contribution in [0.25, 0.3) is 0 Å². The second-order valence-corrected chi connectivity index (χ2v) is 8.18. The predicted octanol–water partition coefficient (Wildman–Crippen LogP) is 1.97. The number of carbonyl (C=O) groups is 1. The minimum absolute atomic E-state index is 0.0298. The Hall–Kier alpha value is -1.62. The van der Waals surface area contributed by atoms with Gasteiger partial charge in [-0.1, -0.05) is 11.6 Å². The molecule has 0 N–H and O–H groups in total. The van der Waals surface area contributed by atoms with Gasteiger partial charge in [0.2, 0.25) is 10.0 Å². The Morgan fingerprint density at radius 1 is 1.35 bits per heavy atom. The molecule has 0 aliphatic carbocycles. The predicted molar refractivity (Wildman–Crippen MR) is 86.6 cm³/mol. The van der Waals surface area contributed by atoms with E-state index >= 15 is 0 Å². The van der Waals surface area contributed by atoms with Gasteiger partial charge in [-0.25, -0.2) is 12.7 Å². The van der Waals surface area contributed by atoms with Crippen LogP contribution in [0.1, 0.15) is 23.2 Å². The van der Waals surface area contributed by atoms with Crippen molar-refractivity contribution in [3.8, 4) is 6.07 Å². The molecule has 1 aromatic carbocycles. The second-order valence-electron chi connectivity index (χ2n) is 5.62. The van der Waals surface area contributed by atoms with Gasteiger partial charge < -0.3 is 4.90 Å². The van der Waals surface area contributed by atoms with Crippen LogP contribution < -0.4 is 0 Å². The van der Waals surface area contributed by atoms with Crippen LogP contribution in [-0.4, -0.2) is 50.7 Å². The lowest BCUT2D eigenvalue weighted by Crippen LogP contribution is -2.38. The van der Waals surface area contributed by atoms with Crippen molar-refractivity contribution in [3.05, 3.63) is 28.8 Å². The number of nitrogens with zero attached hydrogens (tertiary/aromatic N) is 3. The highest BCUT2D eigenvalue weighted by Crippen LogP contribution is 2.25. The lowest BCUT2D eigenvalue weighted by Gasteiger charge is -2.29. The van der Waals surface area contributed by atoms with Crippen LogP contribution in [0.15, 0.2) is 23.1 Å². The summed E-state index contributed by atoms with van der Waals surface area (Å²) in [4.78, 5) is 14.3. The zero-order valence-electron chi connectivity index (χ0n) is 13.0. The summed E-state index contributed by atoms with van der Waals surface area (Å²) < 4.78 is 25.5. The SMILES string of the molecule is CN(C)S(=O)(=O)c1ccc(Cl)c(C(=O)N2CCC(C#N)CC2)c1. The number of hydrogen-bond donors (Lipinski definition) is 0. The van der Waals surface area contributed by atoms with E-state index in [0.717, 1.165) is 4.31 Å². The van der Waals surface area contributed by atoms with E-state index in [2.05, 4.69) is 6.07 Å². The lowest BCUT2D eigenvalue weighted by molar-refractivity contribution is 0.0707. The summed E-state index contributed by atoms with van der Waals surface area (Å²) in [7, 11) is -0.775. The number of sulfonamides is 1. The number of hydrogen-bond acceptors (Lipinski definition) is 4. The van der Waals surface area contributed by atoms with Crippen molar-refractivity contribution in [2.45, 2.75) is 17.7 Å². The van der Waals surface area contributed by atoms with Gasteiger partial charge in [-0.2, -0.15) is 5.26 Å². The highest BCUT2D eigenvalue weighted by molar-refractivity contribution is 7.89. The Morgan fingerprint density at radius 2 is 1.96 bits per heavy atom. The van der Waals surface area contributed by atoms with E-state index in [4.69, 9.17) is 16.9 Å². The molecule has 124 valence electrons. The Bertz CT molecular complexity index is 748. The number of benzene rings is 1. The summed E-state index contributed by atoms with van der Waals surface area (Å²) in [5.74, 6) is -0.336. The third kappa shape index (κ3) is 3.66. The zero-order valence-corrected chi connectivity index (χ0v) is 14.6. The quantitative estimate of drug-likeness (QED) is 0.830. The molecule has 23 heavy (non-hydrogen) atoms. The van der Waals surface area contributed by atoms with E-state index in [9.17, 15) is 13.2 Å². The van der Waals surface area contributed by atoms with Crippen molar-refractivity contribution in [1.29, 1.82) is 5.26 Å². The number of amides is 1. The van der Waals surface area contributed by atoms with Crippen LogP contribution in [0.4, 0.5) is 0 Å². The molecule has 2 rings (SSSR count). The first kappa shape index (κ1) is 17.7. The van der Waals surface area contributed by atoms with Crippen molar-refractivity contribution in [1.82, 2.24) is 9.21 Å². The van der Waals surface area contributed by atoms with Crippen LogP contribution in [0, 0.1) is 17.2 Å². The smallest absolute Gasteiger partial charge is 0.255 e. The molecule has 0 spiro atoms. The Labute approximate surface area is 141 Å². The topological polar surface area (TPSA) is 81.5 Å². The molecule has 1 heterocycles. The fourth-order valence-electron chi connectivity index (χ4n) is 2.42. The van der Waals surface area contributed by atoms with Gasteiger partial charge in [-0.15, -0.1) is 0 Å². The largest absolute Gasteiger partial charge is 0.339 e. The number of rotatable bonds is 3. The molecule has 0 aromatic heterocycles. The molecule has 8 heteroatoms. The van der Waals surface area contributed by atoms with E-state index in [1.54, 1.807) is 4.90 Å². The van der Waals surface area contributed by atoms with E-state index in [1.807, 2.05) is 0 Å². The fraction of sp³-hybridized carbons (Fsp3) is 0.467. The normalized spacial score (nSPS) is 16.4. The minimum Gasteiger partial charge on any atom is -0.339 e. The molecule has 6 nitrogen and oxygen atoms in total. The molecular weight excluding hydrogens is 338 g/mol. The average Bonchev–Trinajstić information content (AvgIpc) is 2.54.